The van der Waals surface area contributed by atoms with Gasteiger partial charge in [-0.1, -0.05) is 12.1 Å². The van der Waals surface area contributed by atoms with Crippen LogP contribution in [0.25, 0.3) is 0 Å². The van der Waals surface area contributed by atoms with Gasteiger partial charge in [0.1, 0.15) is 23.9 Å². The Morgan fingerprint density at radius 1 is 1.03 bits per heavy atom. The number of hydrogen-bond acceptors (Lipinski definition) is 7. The first kappa shape index (κ1) is 25.2. The van der Waals surface area contributed by atoms with Crippen LogP contribution in [0.5, 0.6) is 5.75 Å². The van der Waals surface area contributed by atoms with Crippen LogP contribution in [-0.2, 0) is 25.6 Å². The lowest BCUT2D eigenvalue weighted by atomic mass is 10.0. The Morgan fingerprint density at radius 3 is 2.20 bits per heavy atom. The van der Waals surface area contributed by atoms with E-state index in [9.17, 15) is 29.4 Å². The molecule has 0 fully saturated rings. The van der Waals surface area contributed by atoms with E-state index in [0.29, 0.717) is 11.3 Å². The minimum absolute atomic E-state index is 0.0606. The van der Waals surface area contributed by atoms with Gasteiger partial charge in [0.2, 0.25) is 17.7 Å². The van der Waals surface area contributed by atoms with Crippen molar-refractivity contribution in [3.8, 4) is 5.75 Å². The summed E-state index contributed by atoms with van der Waals surface area (Å²) in [5.41, 5.74) is 5.98. The van der Waals surface area contributed by atoms with Gasteiger partial charge in [0.05, 0.1) is 6.54 Å². The number of carbonyl (C=O) groups is 4. The van der Waals surface area contributed by atoms with E-state index in [1.54, 1.807) is 12.1 Å². The molecule has 3 atom stereocenters. The molecule has 0 aliphatic carbocycles. The van der Waals surface area contributed by atoms with E-state index in [2.05, 4.69) is 16.0 Å². The molecule has 0 saturated heterocycles. The maximum atomic E-state index is 12.7. The van der Waals surface area contributed by atoms with E-state index in [1.807, 2.05) is 6.26 Å². The third kappa shape index (κ3) is 8.70. The van der Waals surface area contributed by atoms with Crippen molar-refractivity contribution >= 4 is 35.5 Å². The number of hydrogen-bond donors (Lipinski definition) is 6. The lowest BCUT2D eigenvalue weighted by molar-refractivity contribution is -0.142. The quantitative estimate of drug-likeness (QED) is 0.245. The van der Waals surface area contributed by atoms with E-state index in [-0.39, 0.29) is 25.1 Å². The van der Waals surface area contributed by atoms with Crippen molar-refractivity contribution in [2.75, 3.05) is 18.6 Å². The monoisotopic (exact) mass is 440 g/mol. The number of phenols is 1. The number of amides is 3. The predicted octanol–water partition coefficient (Wildman–Crippen LogP) is -0.795. The van der Waals surface area contributed by atoms with E-state index >= 15 is 0 Å². The van der Waals surface area contributed by atoms with Gasteiger partial charge in [-0.2, -0.15) is 11.8 Å². The van der Waals surface area contributed by atoms with Crippen molar-refractivity contribution in [3.05, 3.63) is 29.8 Å². The average molecular weight is 441 g/mol. The summed E-state index contributed by atoms with van der Waals surface area (Å²) in [7, 11) is 0. The zero-order valence-corrected chi connectivity index (χ0v) is 17.7. The first-order chi connectivity index (χ1) is 14.2. The highest BCUT2D eigenvalue weighted by atomic mass is 32.2. The molecule has 1 aromatic carbocycles. The topological polar surface area (TPSA) is 171 Å². The molecule has 3 unspecified atom stereocenters. The molecule has 1 rings (SSSR count). The number of aliphatic carboxylic acids is 1. The minimum atomic E-state index is -1.16. The third-order valence-corrected chi connectivity index (χ3v) is 4.83. The summed E-state index contributed by atoms with van der Waals surface area (Å²) in [6.45, 7) is 1.11. The summed E-state index contributed by atoms with van der Waals surface area (Å²) in [5, 5.41) is 26.0. The number of benzene rings is 1. The summed E-state index contributed by atoms with van der Waals surface area (Å²) in [4.78, 5) is 48.0. The van der Waals surface area contributed by atoms with Gasteiger partial charge in [-0.3, -0.25) is 14.4 Å². The van der Waals surface area contributed by atoms with E-state index in [0.717, 1.165) is 0 Å². The number of carboxylic acids is 1. The third-order valence-electron chi connectivity index (χ3n) is 4.19. The van der Waals surface area contributed by atoms with Crippen LogP contribution in [0.1, 0.15) is 18.9 Å². The van der Waals surface area contributed by atoms with Crippen LogP contribution in [0.2, 0.25) is 0 Å². The fourth-order valence-electron chi connectivity index (χ4n) is 2.50. The van der Waals surface area contributed by atoms with Gasteiger partial charge in [0.25, 0.3) is 0 Å². The molecule has 0 aromatic heterocycles. The van der Waals surface area contributed by atoms with Gasteiger partial charge in [-0.15, -0.1) is 0 Å². The molecule has 0 aliphatic heterocycles. The number of carboxylic acid groups (broad SMARTS) is 1. The number of rotatable bonds is 12. The van der Waals surface area contributed by atoms with Crippen molar-refractivity contribution in [2.24, 2.45) is 5.73 Å². The van der Waals surface area contributed by atoms with Gasteiger partial charge in [0, 0.05) is 6.42 Å². The van der Waals surface area contributed by atoms with E-state index in [4.69, 9.17) is 5.73 Å². The van der Waals surface area contributed by atoms with Crippen molar-refractivity contribution in [2.45, 2.75) is 37.9 Å². The molecular formula is C19H28N4O6S. The van der Waals surface area contributed by atoms with Gasteiger partial charge < -0.3 is 31.9 Å². The first-order valence-electron chi connectivity index (χ1n) is 9.27. The number of thioether (sulfide) groups is 1. The fourth-order valence-corrected chi connectivity index (χ4v) is 2.97. The molecule has 0 bridgehead atoms. The van der Waals surface area contributed by atoms with Crippen LogP contribution >= 0.6 is 11.8 Å². The van der Waals surface area contributed by atoms with Crippen LogP contribution < -0.4 is 21.7 Å². The second kappa shape index (κ2) is 12.7. The highest BCUT2D eigenvalue weighted by Crippen LogP contribution is 2.11. The molecule has 0 heterocycles. The first-order valence-corrected chi connectivity index (χ1v) is 10.7. The Kier molecular flexibility index (Phi) is 10.7. The molecule has 0 radical (unpaired) electrons. The minimum Gasteiger partial charge on any atom is -0.508 e. The molecule has 3 amide bonds. The summed E-state index contributed by atoms with van der Waals surface area (Å²) in [6, 6.07) is 3.01. The molecule has 30 heavy (non-hydrogen) atoms. The molecule has 0 saturated carbocycles. The number of nitrogens with two attached hydrogens (primary N) is 1. The number of phenolic OH excluding ortho intramolecular Hbond substituents is 1. The summed E-state index contributed by atoms with van der Waals surface area (Å²) >= 11 is 1.46. The molecule has 1 aromatic rings. The molecule has 166 valence electrons. The molecular weight excluding hydrogens is 412 g/mol. The normalized spacial score (nSPS) is 13.6. The van der Waals surface area contributed by atoms with Gasteiger partial charge in [-0.25, -0.2) is 4.79 Å². The Labute approximate surface area is 179 Å². The second-order valence-electron chi connectivity index (χ2n) is 6.61. The second-order valence-corrected chi connectivity index (χ2v) is 7.59. The summed E-state index contributed by atoms with van der Waals surface area (Å²) < 4.78 is 0. The van der Waals surface area contributed by atoms with Crippen LogP contribution in [0.4, 0.5) is 0 Å². The largest absolute Gasteiger partial charge is 0.508 e. The van der Waals surface area contributed by atoms with Gasteiger partial charge in [0.15, 0.2) is 0 Å². The van der Waals surface area contributed by atoms with Crippen LogP contribution in [0.15, 0.2) is 24.3 Å². The molecule has 10 nitrogen and oxygen atoms in total. The highest BCUT2D eigenvalue weighted by molar-refractivity contribution is 7.98. The molecule has 7 N–H and O–H groups in total. The Bertz CT molecular complexity index is 743. The smallest absolute Gasteiger partial charge is 0.326 e. The Morgan fingerprint density at radius 2 is 1.67 bits per heavy atom. The van der Waals surface area contributed by atoms with Crippen LogP contribution in [-0.4, -0.2) is 70.6 Å². The maximum Gasteiger partial charge on any atom is 0.326 e. The molecule has 0 aliphatic rings. The standard InChI is InChI=1S/C19H28N4O6S/c1-11(17(26)23-14(19(28)29)7-8-30-2)21-18(27)15(22-16(25)10-20)9-12-3-5-13(24)6-4-12/h3-6,11,14-15,24H,7-10,20H2,1-2H3,(H,21,27)(H,22,25)(H,23,26)(H,28,29). The number of nitrogens with one attached hydrogen (secondary N) is 3. The van der Waals surface area contributed by atoms with Crippen molar-refractivity contribution in [1.82, 2.24) is 16.0 Å². The zero-order valence-electron chi connectivity index (χ0n) is 16.9. The van der Waals surface area contributed by atoms with Gasteiger partial charge >= 0.3 is 5.97 Å². The van der Waals surface area contributed by atoms with Crippen LogP contribution in [0, 0.1) is 0 Å². The Hall–Kier alpha value is -2.79. The Balaban J connectivity index is 2.79. The maximum absolute atomic E-state index is 12.7. The molecule has 11 heteroatoms. The average Bonchev–Trinajstić information content (AvgIpc) is 2.71. The van der Waals surface area contributed by atoms with Gasteiger partial charge in [-0.05, 0) is 43.0 Å². The summed E-state index contributed by atoms with van der Waals surface area (Å²) in [6.07, 6.45) is 2.18. The summed E-state index contributed by atoms with van der Waals surface area (Å²) in [5.74, 6) is -2.36. The number of aromatic hydroxyl groups is 1. The van der Waals surface area contributed by atoms with Crippen molar-refractivity contribution in [3.63, 3.8) is 0 Å². The zero-order chi connectivity index (χ0) is 22.7. The van der Waals surface area contributed by atoms with Crippen LogP contribution in [0.3, 0.4) is 0 Å². The van der Waals surface area contributed by atoms with Crippen molar-refractivity contribution in [1.29, 1.82) is 0 Å². The fraction of sp³-hybridized carbons (Fsp3) is 0.474. The predicted molar refractivity (Wildman–Crippen MR) is 113 cm³/mol. The lowest BCUT2D eigenvalue weighted by Gasteiger charge is -2.22. The molecule has 0 spiro atoms. The lowest BCUT2D eigenvalue weighted by Crippen LogP contribution is -2.55. The highest BCUT2D eigenvalue weighted by Gasteiger charge is 2.27. The van der Waals surface area contributed by atoms with Crippen molar-refractivity contribution < 1.29 is 29.4 Å². The van der Waals surface area contributed by atoms with E-state index < -0.39 is 41.8 Å². The van der Waals surface area contributed by atoms with E-state index in [1.165, 1.54) is 30.8 Å². The number of carbonyl (C=O) groups excluding carboxylic acids is 3. The SMILES string of the molecule is CSCCC(NC(=O)C(C)NC(=O)C(Cc1ccc(O)cc1)NC(=O)CN)C(=O)O.